The van der Waals surface area contributed by atoms with Gasteiger partial charge in [-0.3, -0.25) is 4.79 Å². The maximum atomic E-state index is 12.9. The Kier molecular flexibility index (Phi) is 7.97. The molecule has 1 amide bonds. The number of benzene rings is 2. The van der Waals surface area contributed by atoms with E-state index in [1.165, 1.54) is 17.3 Å². The van der Waals surface area contributed by atoms with Crippen LogP contribution in [0.4, 0.5) is 5.69 Å². The van der Waals surface area contributed by atoms with Gasteiger partial charge in [0.15, 0.2) is 15.0 Å². The van der Waals surface area contributed by atoms with E-state index in [-0.39, 0.29) is 21.8 Å². The Balaban J connectivity index is 1.77. The number of hydrogen-bond donors (Lipinski definition) is 1. The first-order valence-corrected chi connectivity index (χ1v) is 13.4. The molecule has 0 aliphatic rings. The van der Waals surface area contributed by atoms with Crippen molar-refractivity contribution < 1.29 is 13.2 Å². The van der Waals surface area contributed by atoms with Crippen LogP contribution < -0.4 is 5.32 Å². The summed E-state index contributed by atoms with van der Waals surface area (Å²) in [7, 11) is -3.56. The van der Waals surface area contributed by atoms with Gasteiger partial charge in [-0.15, -0.1) is 10.2 Å². The summed E-state index contributed by atoms with van der Waals surface area (Å²) in [4.78, 5) is 13.2. The standard InChI is InChI=1S/C24H30N4O3S2/c1-6-21(23(29)25-19-11-10-17(4)18(5)14-19)32-24-27-26-22(28(24)7-2)15-33(30,31)20-12-8-16(3)9-13-20/h8-14,21H,6-7,15H2,1-5H3,(H,25,29). The summed E-state index contributed by atoms with van der Waals surface area (Å²) in [6.07, 6.45) is 0.592. The Hall–Kier alpha value is -2.65. The summed E-state index contributed by atoms with van der Waals surface area (Å²) >= 11 is 1.30. The van der Waals surface area contributed by atoms with E-state index >= 15 is 0 Å². The lowest BCUT2D eigenvalue weighted by Crippen LogP contribution is -2.25. The van der Waals surface area contributed by atoms with Gasteiger partial charge in [0.2, 0.25) is 5.91 Å². The average Bonchev–Trinajstić information content (AvgIpc) is 3.15. The first kappa shape index (κ1) is 25.0. The molecular weight excluding hydrogens is 456 g/mol. The van der Waals surface area contributed by atoms with Gasteiger partial charge in [-0.2, -0.15) is 0 Å². The fraction of sp³-hybridized carbons (Fsp3) is 0.375. The number of hydrogen-bond acceptors (Lipinski definition) is 6. The highest BCUT2D eigenvalue weighted by molar-refractivity contribution is 8.00. The molecule has 0 bridgehead atoms. The summed E-state index contributed by atoms with van der Waals surface area (Å²) < 4.78 is 27.5. The van der Waals surface area contributed by atoms with Crippen LogP contribution in [0.1, 0.15) is 42.8 Å². The summed E-state index contributed by atoms with van der Waals surface area (Å²) in [5.41, 5.74) is 4.02. The minimum atomic E-state index is -3.56. The predicted octanol–water partition coefficient (Wildman–Crippen LogP) is 4.71. The van der Waals surface area contributed by atoms with E-state index in [9.17, 15) is 13.2 Å². The number of aryl methyl sites for hydroxylation is 3. The van der Waals surface area contributed by atoms with Crippen molar-refractivity contribution in [2.75, 3.05) is 5.32 Å². The molecule has 0 aliphatic carbocycles. The Bertz CT molecular complexity index is 1240. The fourth-order valence-corrected chi connectivity index (χ4v) is 5.63. The molecule has 1 heterocycles. The number of nitrogens with zero attached hydrogens (tertiary/aromatic N) is 3. The number of carbonyl (C=O) groups is 1. The normalized spacial score (nSPS) is 12.5. The van der Waals surface area contributed by atoms with Crippen LogP contribution in [0, 0.1) is 20.8 Å². The summed E-state index contributed by atoms with van der Waals surface area (Å²) in [5, 5.41) is 11.5. The average molecular weight is 487 g/mol. The molecule has 0 aliphatic heterocycles. The maximum absolute atomic E-state index is 12.9. The molecule has 3 aromatic rings. The molecule has 0 radical (unpaired) electrons. The lowest BCUT2D eigenvalue weighted by molar-refractivity contribution is -0.115. The van der Waals surface area contributed by atoms with Crippen LogP contribution in [0.5, 0.6) is 0 Å². The molecule has 1 unspecified atom stereocenters. The monoisotopic (exact) mass is 486 g/mol. The second kappa shape index (κ2) is 10.5. The van der Waals surface area contributed by atoms with Crippen LogP contribution in [0.15, 0.2) is 52.5 Å². The number of carbonyl (C=O) groups excluding carboxylic acids is 1. The highest BCUT2D eigenvalue weighted by Gasteiger charge is 2.25. The number of rotatable bonds is 9. The minimum Gasteiger partial charge on any atom is -0.325 e. The zero-order valence-corrected chi connectivity index (χ0v) is 21.3. The number of nitrogens with one attached hydrogen (secondary N) is 1. The SMILES string of the molecule is CCC(Sc1nnc(CS(=O)(=O)c2ccc(C)cc2)n1CC)C(=O)Nc1ccc(C)c(C)c1. The Morgan fingerprint density at radius 1 is 1.03 bits per heavy atom. The fourth-order valence-electron chi connectivity index (χ4n) is 3.32. The van der Waals surface area contributed by atoms with Crippen LogP contribution in [-0.2, 0) is 26.9 Å². The molecule has 1 atom stereocenters. The molecule has 0 fully saturated rings. The summed E-state index contributed by atoms with van der Waals surface area (Å²) in [5.74, 6) is -0.00135. The van der Waals surface area contributed by atoms with Crippen LogP contribution in [0.2, 0.25) is 0 Å². The van der Waals surface area contributed by atoms with Crippen molar-refractivity contribution in [2.45, 2.75) is 68.6 Å². The Labute approximate surface area is 199 Å². The smallest absolute Gasteiger partial charge is 0.237 e. The van der Waals surface area contributed by atoms with Gasteiger partial charge in [0.05, 0.1) is 10.1 Å². The van der Waals surface area contributed by atoms with Crippen molar-refractivity contribution in [3.8, 4) is 0 Å². The van der Waals surface area contributed by atoms with Crippen LogP contribution in [0.3, 0.4) is 0 Å². The topological polar surface area (TPSA) is 93.9 Å². The van der Waals surface area contributed by atoms with E-state index in [1.807, 2.05) is 52.8 Å². The third-order valence-corrected chi connectivity index (χ3v) is 8.47. The highest BCUT2D eigenvalue weighted by atomic mass is 32.2. The third-order valence-electron chi connectivity index (χ3n) is 5.49. The zero-order valence-electron chi connectivity index (χ0n) is 19.6. The van der Waals surface area contributed by atoms with E-state index in [2.05, 4.69) is 15.5 Å². The van der Waals surface area contributed by atoms with Crippen molar-refractivity contribution in [3.05, 3.63) is 65.0 Å². The van der Waals surface area contributed by atoms with E-state index in [4.69, 9.17) is 0 Å². The van der Waals surface area contributed by atoms with E-state index < -0.39 is 9.84 Å². The summed E-state index contributed by atoms with van der Waals surface area (Å²) in [6.45, 7) is 10.3. The zero-order chi connectivity index (χ0) is 24.2. The van der Waals surface area contributed by atoms with Gasteiger partial charge < -0.3 is 9.88 Å². The molecule has 33 heavy (non-hydrogen) atoms. The molecule has 0 spiro atoms. The number of anilines is 1. The molecule has 1 N–H and O–H groups in total. The van der Waals surface area contributed by atoms with Gasteiger partial charge in [0, 0.05) is 12.2 Å². The first-order valence-electron chi connectivity index (χ1n) is 10.9. The second-order valence-corrected chi connectivity index (χ2v) is 11.2. The van der Waals surface area contributed by atoms with Crippen LogP contribution in [-0.4, -0.2) is 34.3 Å². The minimum absolute atomic E-state index is 0.120. The van der Waals surface area contributed by atoms with Gasteiger partial charge in [0.1, 0.15) is 11.6 Å². The molecule has 176 valence electrons. The quantitative estimate of drug-likeness (QED) is 0.440. The number of amides is 1. The van der Waals surface area contributed by atoms with Gasteiger partial charge in [-0.05, 0) is 69.5 Å². The van der Waals surface area contributed by atoms with Crippen molar-refractivity contribution in [3.63, 3.8) is 0 Å². The number of aromatic nitrogens is 3. The van der Waals surface area contributed by atoms with Crippen LogP contribution in [0.25, 0.3) is 0 Å². The molecular formula is C24H30N4O3S2. The molecule has 0 saturated heterocycles. The lowest BCUT2D eigenvalue weighted by Gasteiger charge is -2.15. The molecule has 9 heteroatoms. The molecule has 7 nitrogen and oxygen atoms in total. The summed E-state index contributed by atoms with van der Waals surface area (Å²) in [6, 6.07) is 12.6. The van der Waals surface area contributed by atoms with Crippen molar-refractivity contribution in [1.82, 2.24) is 14.8 Å². The van der Waals surface area contributed by atoms with Gasteiger partial charge in [0.25, 0.3) is 0 Å². The molecule has 3 rings (SSSR count). The molecule has 1 aromatic heterocycles. The Morgan fingerprint density at radius 2 is 1.73 bits per heavy atom. The van der Waals surface area contributed by atoms with Gasteiger partial charge in [-0.1, -0.05) is 42.4 Å². The van der Waals surface area contributed by atoms with Crippen molar-refractivity contribution in [2.24, 2.45) is 0 Å². The first-order chi connectivity index (χ1) is 15.6. The number of thioether (sulfide) groups is 1. The van der Waals surface area contributed by atoms with Gasteiger partial charge in [-0.25, -0.2) is 8.42 Å². The molecule has 0 saturated carbocycles. The Morgan fingerprint density at radius 3 is 2.33 bits per heavy atom. The maximum Gasteiger partial charge on any atom is 0.237 e. The van der Waals surface area contributed by atoms with E-state index in [0.29, 0.717) is 23.9 Å². The largest absolute Gasteiger partial charge is 0.325 e. The predicted molar refractivity (Wildman–Crippen MR) is 132 cm³/mol. The highest BCUT2D eigenvalue weighted by Crippen LogP contribution is 2.27. The van der Waals surface area contributed by atoms with Crippen LogP contribution >= 0.6 is 11.8 Å². The number of sulfone groups is 1. The molecule has 2 aromatic carbocycles. The van der Waals surface area contributed by atoms with E-state index in [1.54, 1.807) is 28.8 Å². The second-order valence-electron chi connectivity index (χ2n) is 8.02. The van der Waals surface area contributed by atoms with E-state index in [0.717, 1.165) is 16.8 Å². The van der Waals surface area contributed by atoms with Crippen molar-refractivity contribution in [1.29, 1.82) is 0 Å². The van der Waals surface area contributed by atoms with Gasteiger partial charge >= 0.3 is 0 Å². The lowest BCUT2D eigenvalue weighted by atomic mass is 10.1. The van der Waals surface area contributed by atoms with Crippen molar-refractivity contribution >= 4 is 33.2 Å². The third kappa shape index (κ3) is 6.03.